The van der Waals surface area contributed by atoms with Crippen LogP contribution in [0.1, 0.15) is 11.4 Å². The summed E-state index contributed by atoms with van der Waals surface area (Å²) in [5.74, 6) is 0.339. The van der Waals surface area contributed by atoms with Crippen molar-refractivity contribution in [2.24, 2.45) is 0 Å². The molecule has 0 saturated heterocycles. The van der Waals surface area contributed by atoms with Gasteiger partial charge in [0.15, 0.2) is 0 Å². The largest absolute Gasteiger partial charge is 0.497 e. The smallest absolute Gasteiger partial charge is 0.342 e. The summed E-state index contributed by atoms with van der Waals surface area (Å²) in [5.41, 5.74) is 0.767. The number of nitrogens with zero attached hydrogens (tertiary/aromatic N) is 2. The van der Waals surface area contributed by atoms with E-state index in [1.807, 2.05) is 0 Å². The first-order chi connectivity index (χ1) is 9.58. The molecule has 1 aromatic heterocycles. The molecule has 20 heavy (non-hydrogen) atoms. The number of benzene rings is 1. The molecule has 2 aromatic rings. The number of hydrogen-bond acceptors (Lipinski definition) is 5. The van der Waals surface area contributed by atoms with Gasteiger partial charge in [0.2, 0.25) is 5.16 Å². The zero-order valence-corrected chi connectivity index (χ0v) is 11.8. The molecule has 0 aliphatic heterocycles. The number of aliphatic carboxylic acids is 1. The quantitative estimate of drug-likeness (QED) is 0.649. The Balaban J connectivity index is 2.22. The molecule has 0 fully saturated rings. The number of carboxylic acid groups (broad SMARTS) is 1. The molecule has 0 atom stereocenters. The third-order valence-corrected chi connectivity index (χ3v) is 3.28. The van der Waals surface area contributed by atoms with Gasteiger partial charge < -0.3 is 9.84 Å². The second kappa shape index (κ2) is 6.25. The fourth-order valence-corrected chi connectivity index (χ4v) is 2.21. The van der Waals surface area contributed by atoms with Crippen LogP contribution in [0.15, 0.2) is 34.3 Å². The lowest BCUT2D eigenvalue weighted by Crippen LogP contribution is -1.97. The topological polar surface area (TPSA) is 88.1 Å². The highest BCUT2D eigenvalue weighted by Gasteiger charge is 2.12. The van der Waals surface area contributed by atoms with E-state index < -0.39 is 5.97 Å². The summed E-state index contributed by atoms with van der Waals surface area (Å²) >= 11 is 0.999. The summed E-state index contributed by atoms with van der Waals surface area (Å²) in [6.45, 7) is 1.75. The van der Waals surface area contributed by atoms with Crippen LogP contribution in [0.4, 0.5) is 0 Å². The number of nitrogens with one attached hydrogen (secondary N) is 1. The molecular formula is C13H13N3O3S. The lowest BCUT2D eigenvalue weighted by atomic mass is 10.2. The minimum Gasteiger partial charge on any atom is -0.497 e. The Bertz CT molecular complexity index is 635. The van der Waals surface area contributed by atoms with Crippen LogP contribution < -0.4 is 4.74 Å². The van der Waals surface area contributed by atoms with Crippen molar-refractivity contribution >= 4 is 23.8 Å². The van der Waals surface area contributed by atoms with Crippen LogP contribution in [0.5, 0.6) is 5.75 Å². The Kier molecular flexibility index (Phi) is 4.41. The Labute approximate surface area is 119 Å². The predicted molar refractivity (Wildman–Crippen MR) is 75.6 cm³/mol. The molecule has 2 rings (SSSR count). The lowest BCUT2D eigenvalue weighted by Gasteiger charge is -2.01. The van der Waals surface area contributed by atoms with Crippen molar-refractivity contribution in [3.8, 4) is 5.75 Å². The summed E-state index contributed by atoms with van der Waals surface area (Å²) < 4.78 is 5.05. The van der Waals surface area contributed by atoms with Crippen LogP contribution in [-0.4, -0.2) is 33.4 Å². The molecule has 1 heterocycles. The Hall–Kier alpha value is -2.28. The number of carbonyl (C=O) groups is 1. The molecule has 7 heteroatoms. The van der Waals surface area contributed by atoms with Gasteiger partial charge in [0.1, 0.15) is 16.5 Å². The van der Waals surface area contributed by atoms with Gasteiger partial charge in [-0.3, -0.25) is 5.10 Å². The molecular weight excluding hydrogens is 278 g/mol. The average molecular weight is 291 g/mol. The van der Waals surface area contributed by atoms with Gasteiger partial charge in [0.25, 0.3) is 0 Å². The van der Waals surface area contributed by atoms with E-state index >= 15 is 0 Å². The van der Waals surface area contributed by atoms with Gasteiger partial charge in [0, 0.05) is 0 Å². The summed E-state index contributed by atoms with van der Waals surface area (Å²) in [7, 11) is 1.58. The number of rotatable bonds is 5. The third kappa shape index (κ3) is 3.61. The van der Waals surface area contributed by atoms with E-state index in [-0.39, 0.29) is 4.91 Å². The molecule has 0 amide bonds. The third-order valence-electron chi connectivity index (χ3n) is 2.40. The fourth-order valence-electron chi connectivity index (χ4n) is 1.45. The van der Waals surface area contributed by atoms with E-state index in [2.05, 4.69) is 15.2 Å². The molecule has 2 N–H and O–H groups in total. The van der Waals surface area contributed by atoms with Crippen molar-refractivity contribution in [3.05, 3.63) is 40.6 Å². The number of aromatic amines is 1. The average Bonchev–Trinajstić information content (AvgIpc) is 2.84. The monoisotopic (exact) mass is 291 g/mol. The number of hydrogen-bond donors (Lipinski definition) is 2. The lowest BCUT2D eigenvalue weighted by molar-refractivity contribution is -0.131. The first-order valence-electron chi connectivity index (χ1n) is 5.74. The van der Waals surface area contributed by atoms with Crippen molar-refractivity contribution in [2.75, 3.05) is 7.11 Å². The molecule has 6 nitrogen and oxygen atoms in total. The summed E-state index contributed by atoms with van der Waals surface area (Å²) in [6, 6.07) is 7.11. The first kappa shape index (κ1) is 14.1. The van der Waals surface area contributed by atoms with E-state index in [4.69, 9.17) is 4.74 Å². The van der Waals surface area contributed by atoms with E-state index in [0.717, 1.165) is 23.1 Å². The molecule has 0 aliphatic rings. The maximum absolute atomic E-state index is 11.3. The van der Waals surface area contributed by atoms with Crippen molar-refractivity contribution in [1.82, 2.24) is 15.2 Å². The highest BCUT2D eigenvalue weighted by molar-refractivity contribution is 8.04. The first-order valence-corrected chi connectivity index (χ1v) is 6.56. The SMILES string of the molecule is COc1ccc(C=C(Sc2n[nH]c(C)n2)C(=O)O)cc1. The standard InChI is InChI=1S/C13H13N3O3S/c1-8-14-13(16-15-8)20-11(12(17)18)7-9-3-5-10(19-2)6-4-9/h3-7H,1-2H3,(H,17,18)(H,14,15,16). The summed E-state index contributed by atoms with van der Waals surface area (Å²) in [4.78, 5) is 15.5. The highest BCUT2D eigenvalue weighted by Crippen LogP contribution is 2.26. The van der Waals surface area contributed by atoms with Crippen molar-refractivity contribution < 1.29 is 14.6 Å². The van der Waals surface area contributed by atoms with E-state index in [9.17, 15) is 9.90 Å². The van der Waals surface area contributed by atoms with E-state index in [1.54, 1.807) is 44.4 Å². The maximum atomic E-state index is 11.3. The molecule has 0 unspecified atom stereocenters. The number of methoxy groups -OCH3 is 1. The number of thioether (sulfide) groups is 1. The normalized spacial score (nSPS) is 11.4. The van der Waals surface area contributed by atoms with Crippen molar-refractivity contribution in [2.45, 2.75) is 12.1 Å². The van der Waals surface area contributed by atoms with E-state index in [1.165, 1.54) is 0 Å². The van der Waals surface area contributed by atoms with Gasteiger partial charge in [-0.1, -0.05) is 12.1 Å². The molecule has 0 bridgehead atoms. The van der Waals surface area contributed by atoms with Gasteiger partial charge in [0.05, 0.1) is 7.11 Å². The van der Waals surface area contributed by atoms with Crippen LogP contribution >= 0.6 is 11.8 Å². The summed E-state index contributed by atoms with van der Waals surface area (Å²) in [6.07, 6.45) is 1.57. The van der Waals surface area contributed by atoms with Gasteiger partial charge in [-0.05, 0) is 42.5 Å². The number of H-pyrrole nitrogens is 1. The van der Waals surface area contributed by atoms with Gasteiger partial charge >= 0.3 is 5.97 Å². The second-order valence-corrected chi connectivity index (χ2v) is 4.90. The van der Waals surface area contributed by atoms with Crippen LogP contribution in [-0.2, 0) is 4.79 Å². The Morgan fingerprint density at radius 1 is 1.40 bits per heavy atom. The zero-order chi connectivity index (χ0) is 14.5. The number of carboxylic acids is 1. The Morgan fingerprint density at radius 3 is 2.60 bits per heavy atom. The maximum Gasteiger partial charge on any atom is 0.342 e. The number of aromatic nitrogens is 3. The highest BCUT2D eigenvalue weighted by atomic mass is 32.2. The van der Waals surface area contributed by atoms with Gasteiger partial charge in [-0.15, -0.1) is 5.10 Å². The fraction of sp³-hybridized carbons (Fsp3) is 0.154. The summed E-state index contributed by atoms with van der Waals surface area (Å²) in [5, 5.41) is 16.2. The second-order valence-electron chi connectivity index (χ2n) is 3.89. The molecule has 0 saturated carbocycles. The zero-order valence-electron chi connectivity index (χ0n) is 11.0. The molecule has 0 spiro atoms. The number of ether oxygens (including phenoxy) is 1. The van der Waals surface area contributed by atoms with Gasteiger partial charge in [-0.2, -0.15) is 0 Å². The van der Waals surface area contributed by atoms with Gasteiger partial charge in [-0.25, -0.2) is 9.78 Å². The Morgan fingerprint density at radius 2 is 2.10 bits per heavy atom. The van der Waals surface area contributed by atoms with Crippen LogP contribution in [0.25, 0.3) is 6.08 Å². The van der Waals surface area contributed by atoms with Crippen LogP contribution in [0.2, 0.25) is 0 Å². The van der Waals surface area contributed by atoms with Crippen LogP contribution in [0.3, 0.4) is 0 Å². The molecule has 0 aliphatic carbocycles. The molecule has 1 aromatic carbocycles. The van der Waals surface area contributed by atoms with Crippen molar-refractivity contribution in [1.29, 1.82) is 0 Å². The van der Waals surface area contributed by atoms with E-state index in [0.29, 0.717) is 11.0 Å². The predicted octanol–water partition coefficient (Wildman–Crippen LogP) is 2.34. The minimum atomic E-state index is -1.02. The minimum absolute atomic E-state index is 0.147. The van der Waals surface area contributed by atoms with Crippen LogP contribution in [0, 0.1) is 6.92 Å². The van der Waals surface area contributed by atoms with Crippen molar-refractivity contribution in [3.63, 3.8) is 0 Å². The molecule has 0 radical (unpaired) electrons. The molecule has 104 valence electrons. The number of aryl methyl sites for hydroxylation is 1.